The molecule has 3 heterocycles. The molecule has 0 unspecified atom stereocenters. The van der Waals surface area contributed by atoms with E-state index in [-0.39, 0.29) is 11.8 Å². The number of fused-ring (bicyclic) bond motifs is 1. The summed E-state index contributed by atoms with van der Waals surface area (Å²) in [5.41, 5.74) is 6.41. The number of carbonyl (C=O) groups excluding carboxylic acids is 2. The maximum atomic E-state index is 13.1. The molecule has 4 heteroatoms. The lowest BCUT2D eigenvalue weighted by atomic mass is 9.96. The molecule has 4 nitrogen and oxygen atoms in total. The zero-order valence-corrected chi connectivity index (χ0v) is 13.4. The molecule has 0 bridgehead atoms. The molecule has 0 fully saturated rings. The van der Waals surface area contributed by atoms with Gasteiger partial charge in [-0.05, 0) is 54.2 Å². The van der Waals surface area contributed by atoms with Crippen LogP contribution in [0.5, 0.6) is 0 Å². The van der Waals surface area contributed by atoms with Gasteiger partial charge in [-0.25, -0.2) is 0 Å². The van der Waals surface area contributed by atoms with Crippen molar-refractivity contribution in [3.05, 3.63) is 58.7 Å². The highest BCUT2D eigenvalue weighted by molar-refractivity contribution is 6.08. The molecular weight excluding hydrogens is 300 g/mol. The fourth-order valence-electron chi connectivity index (χ4n) is 4.29. The molecule has 24 heavy (non-hydrogen) atoms. The van der Waals surface area contributed by atoms with E-state index in [0.717, 1.165) is 60.4 Å². The zero-order valence-electron chi connectivity index (χ0n) is 13.4. The molecule has 0 aliphatic carbocycles. The third-order valence-electron chi connectivity index (χ3n) is 5.43. The molecule has 3 aliphatic heterocycles. The highest BCUT2D eigenvalue weighted by Crippen LogP contribution is 2.38. The molecule has 0 radical (unpaired) electrons. The van der Waals surface area contributed by atoms with Crippen molar-refractivity contribution in [2.24, 2.45) is 0 Å². The molecule has 3 aliphatic rings. The molecule has 5 rings (SSSR count). The number of benzene rings is 2. The maximum absolute atomic E-state index is 13.1. The number of nitrogens with zero attached hydrogens (tertiary/aromatic N) is 2. The first kappa shape index (κ1) is 13.8. The quantitative estimate of drug-likeness (QED) is 0.811. The summed E-state index contributed by atoms with van der Waals surface area (Å²) in [6.07, 6.45) is 3.07. The minimum atomic E-state index is 0.0781. The summed E-state index contributed by atoms with van der Waals surface area (Å²) in [5.74, 6) is 0.295. The first-order valence-electron chi connectivity index (χ1n) is 8.58. The van der Waals surface area contributed by atoms with E-state index < -0.39 is 0 Å². The van der Waals surface area contributed by atoms with Gasteiger partial charge >= 0.3 is 0 Å². The van der Waals surface area contributed by atoms with Crippen molar-refractivity contribution >= 4 is 23.2 Å². The number of anilines is 2. The summed E-state index contributed by atoms with van der Waals surface area (Å²) in [6, 6.07) is 12.1. The van der Waals surface area contributed by atoms with Crippen molar-refractivity contribution in [1.82, 2.24) is 0 Å². The molecule has 0 saturated carbocycles. The van der Waals surface area contributed by atoms with Gasteiger partial charge in [0.15, 0.2) is 0 Å². The Bertz CT molecular complexity index is 887. The van der Waals surface area contributed by atoms with Gasteiger partial charge in [0.2, 0.25) is 5.91 Å². The summed E-state index contributed by atoms with van der Waals surface area (Å²) in [7, 11) is 0. The average Bonchev–Trinajstić information content (AvgIpc) is 3.22. The third kappa shape index (κ3) is 1.86. The lowest BCUT2D eigenvalue weighted by Gasteiger charge is -2.26. The summed E-state index contributed by atoms with van der Waals surface area (Å²) in [6.45, 7) is 1.50. The second kappa shape index (κ2) is 4.94. The van der Waals surface area contributed by atoms with Crippen molar-refractivity contribution in [2.45, 2.75) is 25.7 Å². The molecule has 0 atom stereocenters. The predicted molar refractivity (Wildman–Crippen MR) is 92.6 cm³/mol. The fraction of sp³-hybridized carbons (Fsp3) is 0.300. The summed E-state index contributed by atoms with van der Waals surface area (Å²) < 4.78 is 0. The molecule has 2 amide bonds. The monoisotopic (exact) mass is 318 g/mol. The lowest BCUT2D eigenvalue weighted by Crippen LogP contribution is -2.33. The van der Waals surface area contributed by atoms with Gasteiger partial charge in [0.05, 0.1) is 5.69 Å². The predicted octanol–water partition coefficient (Wildman–Crippen LogP) is 2.72. The topological polar surface area (TPSA) is 40.6 Å². The van der Waals surface area contributed by atoms with Crippen molar-refractivity contribution < 1.29 is 9.59 Å². The Morgan fingerprint density at radius 3 is 2.50 bits per heavy atom. The van der Waals surface area contributed by atoms with Crippen LogP contribution >= 0.6 is 0 Å². The van der Waals surface area contributed by atoms with Crippen LogP contribution in [-0.4, -0.2) is 24.9 Å². The highest BCUT2D eigenvalue weighted by atomic mass is 16.2. The van der Waals surface area contributed by atoms with Crippen molar-refractivity contribution in [3.63, 3.8) is 0 Å². The molecular formula is C20H18N2O2. The van der Waals surface area contributed by atoms with E-state index in [1.165, 1.54) is 5.56 Å². The molecule has 2 aromatic rings. The Kier molecular flexibility index (Phi) is 2.84. The van der Waals surface area contributed by atoms with Crippen LogP contribution in [0.2, 0.25) is 0 Å². The molecule has 120 valence electrons. The second-order valence-corrected chi connectivity index (χ2v) is 6.77. The first-order valence-corrected chi connectivity index (χ1v) is 8.58. The Hall–Kier alpha value is -2.62. The fourth-order valence-corrected chi connectivity index (χ4v) is 4.29. The molecule has 0 N–H and O–H groups in total. The number of hydrogen-bond acceptors (Lipinski definition) is 2. The number of hydrogen-bond donors (Lipinski definition) is 0. The average molecular weight is 318 g/mol. The SMILES string of the molecule is O=C(c1cc2c3c(c1)CCN3C(=O)CC2)N1CCc2ccccc21. The molecule has 0 spiro atoms. The normalized spacial score (nSPS) is 17.9. The van der Waals surface area contributed by atoms with E-state index >= 15 is 0 Å². The maximum Gasteiger partial charge on any atom is 0.258 e. The number of rotatable bonds is 1. The molecule has 0 aromatic heterocycles. The Balaban J connectivity index is 1.55. The number of para-hydroxylation sites is 1. The smallest absolute Gasteiger partial charge is 0.258 e. The summed E-state index contributed by atoms with van der Waals surface area (Å²) >= 11 is 0. The van der Waals surface area contributed by atoms with Gasteiger partial charge in [-0.15, -0.1) is 0 Å². The largest absolute Gasteiger partial charge is 0.312 e. The first-order chi connectivity index (χ1) is 11.7. The van der Waals surface area contributed by atoms with E-state index in [2.05, 4.69) is 6.07 Å². The molecule has 0 saturated heterocycles. The minimum absolute atomic E-state index is 0.0781. The van der Waals surface area contributed by atoms with E-state index in [4.69, 9.17) is 0 Å². The lowest BCUT2D eigenvalue weighted by molar-refractivity contribution is -0.118. The van der Waals surface area contributed by atoms with Gasteiger partial charge in [0, 0.05) is 30.8 Å². The van der Waals surface area contributed by atoms with Gasteiger partial charge in [0.1, 0.15) is 0 Å². The second-order valence-electron chi connectivity index (χ2n) is 6.77. The Morgan fingerprint density at radius 1 is 0.875 bits per heavy atom. The Labute approximate surface area is 140 Å². The van der Waals surface area contributed by atoms with Crippen LogP contribution in [0.15, 0.2) is 36.4 Å². The van der Waals surface area contributed by atoms with Gasteiger partial charge < -0.3 is 9.80 Å². The number of aryl methyl sites for hydroxylation is 1. The van der Waals surface area contributed by atoms with Crippen molar-refractivity contribution in [3.8, 4) is 0 Å². The number of amides is 2. The van der Waals surface area contributed by atoms with Crippen LogP contribution < -0.4 is 9.80 Å². The Morgan fingerprint density at radius 2 is 1.62 bits per heavy atom. The number of carbonyl (C=O) groups is 2. The van der Waals surface area contributed by atoms with Crippen LogP contribution in [0.25, 0.3) is 0 Å². The van der Waals surface area contributed by atoms with Crippen molar-refractivity contribution in [1.29, 1.82) is 0 Å². The van der Waals surface area contributed by atoms with Crippen LogP contribution in [0.4, 0.5) is 11.4 Å². The van der Waals surface area contributed by atoms with Crippen LogP contribution in [0.1, 0.15) is 33.5 Å². The third-order valence-corrected chi connectivity index (χ3v) is 5.43. The van der Waals surface area contributed by atoms with Gasteiger partial charge in [-0.1, -0.05) is 18.2 Å². The van der Waals surface area contributed by atoms with Crippen LogP contribution in [-0.2, 0) is 24.1 Å². The van der Waals surface area contributed by atoms with Gasteiger partial charge in [0.25, 0.3) is 5.91 Å². The van der Waals surface area contributed by atoms with Gasteiger partial charge in [-0.2, -0.15) is 0 Å². The molecule has 2 aromatic carbocycles. The van der Waals surface area contributed by atoms with Crippen molar-refractivity contribution in [2.75, 3.05) is 22.9 Å². The minimum Gasteiger partial charge on any atom is -0.312 e. The van der Waals surface area contributed by atoms with E-state index in [0.29, 0.717) is 6.42 Å². The van der Waals surface area contributed by atoms with E-state index in [9.17, 15) is 9.59 Å². The standard InChI is InChI=1S/C20H18N2O2/c23-18-6-5-14-11-16(12-15-8-10-22(18)19(14)15)20(24)21-9-7-13-3-1-2-4-17(13)21/h1-4,11-12H,5-10H2. The van der Waals surface area contributed by atoms with Crippen LogP contribution in [0, 0.1) is 0 Å². The van der Waals surface area contributed by atoms with Gasteiger partial charge in [-0.3, -0.25) is 9.59 Å². The van der Waals surface area contributed by atoms with E-state index in [1.54, 1.807) is 0 Å². The summed E-state index contributed by atoms with van der Waals surface area (Å²) in [4.78, 5) is 28.9. The zero-order chi connectivity index (χ0) is 16.3. The highest BCUT2D eigenvalue weighted by Gasteiger charge is 2.33. The summed E-state index contributed by atoms with van der Waals surface area (Å²) in [5, 5.41) is 0. The van der Waals surface area contributed by atoms with E-state index in [1.807, 2.05) is 40.1 Å². The van der Waals surface area contributed by atoms with Crippen LogP contribution in [0.3, 0.4) is 0 Å².